The molecule has 0 bridgehead atoms. The number of nitrogens with zero attached hydrogens (tertiary/aromatic N) is 3. The zero-order valence-electron chi connectivity index (χ0n) is 11.4. The Labute approximate surface area is 113 Å². The van der Waals surface area contributed by atoms with Gasteiger partial charge < -0.3 is 10.5 Å². The van der Waals surface area contributed by atoms with Crippen molar-refractivity contribution in [2.24, 2.45) is 11.7 Å². The van der Waals surface area contributed by atoms with Crippen molar-refractivity contribution in [2.75, 3.05) is 0 Å². The van der Waals surface area contributed by atoms with E-state index in [2.05, 4.69) is 23.9 Å². The van der Waals surface area contributed by atoms with Crippen molar-refractivity contribution in [3.63, 3.8) is 0 Å². The second kappa shape index (κ2) is 6.33. The molecule has 0 fully saturated rings. The number of nitrogens with two attached hydrogens (primary N) is 1. The molecule has 2 aromatic rings. The highest BCUT2D eigenvalue weighted by molar-refractivity contribution is 5.27. The van der Waals surface area contributed by atoms with E-state index in [1.165, 1.54) is 0 Å². The van der Waals surface area contributed by atoms with Crippen molar-refractivity contribution >= 4 is 0 Å². The van der Waals surface area contributed by atoms with Gasteiger partial charge in [-0.15, -0.1) is 0 Å². The lowest BCUT2D eigenvalue weighted by molar-refractivity contribution is 0.282. The van der Waals surface area contributed by atoms with Gasteiger partial charge in [-0.2, -0.15) is 5.10 Å². The number of rotatable bonds is 6. The summed E-state index contributed by atoms with van der Waals surface area (Å²) in [6.45, 7) is 6.12. The molecule has 2 rings (SSSR count). The number of ether oxygens (including phenoxy) is 1. The van der Waals surface area contributed by atoms with Crippen LogP contribution in [0.5, 0.6) is 5.75 Å². The highest BCUT2D eigenvalue weighted by atomic mass is 16.5. The summed E-state index contributed by atoms with van der Waals surface area (Å²) in [6.07, 6.45) is 1.57. The third-order valence-electron chi connectivity index (χ3n) is 2.76. The van der Waals surface area contributed by atoms with Crippen LogP contribution in [-0.4, -0.2) is 14.8 Å². The summed E-state index contributed by atoms with van der Waals surface area (Å²) >= 11 is 0. The number of hydrogen-bond donors (Lipinski definition) is 1. The van der Waals surface area contributed by atoms with E-state index in [0.29, 0.717) is 19.1 Å². The zero-order chi connectivity index (χ0) is 13.7. The normalized spacial score (nSPS) is 10.9. The Bertz CT molecular complexity index is 504. The molecule has 0 atom stereocenters. The summed E-state index contributed by atoms with van der Waals surface area (Å²) in [4.78, 5) is 4.22. The van der Waals surface area contributed by atoms with Crippen LogP contribution in [0.1, 0.15) is 25.2 Å². The number of benzene rings is 1. The lowest BCUT2D eigenvalue weighted by Gasteiger charge is -2.10. The van der Waals surface area contributed by atoms with Crippen LogP contribution in [0.4, 0.5) is 0 Å². The monoisotopic (exact) mass is 260 g/mol. The molecule has 0 spiro atoms. The predicted molar refractivity (Wildman–Crippen MR) is 73.5 cm³/mol. The maximum Gasteiger partial charge on any atom is 0.164 e. The second-order valence-corrected chi connectivity index (χ2v) is 4.89. The highest BCUT2D eigenvalue weighted by Gasteiger charge is 2.06. The van der Waals surface area contributed by atoms with E-state index in [1.54, 1.807) is 6.33 Å². The predicted octanol–water partition coefficient (Wildman–Crippen LogP) is 1.97. The van der Waals surface area contributed by atoms with Crippen LogP contribution in [0.2, 0.25) is 0 Å². The first kappa shape index (κ1) is 13.5. The van der Waals surface area contributed by atoms with Gasteiger partial charge in [-0.1, -0.05) is 26.0 Å². The average molecular weight is 260 g/mol. The minimum atomic E-state index is 0.425. The molecule has 1 aromatic carbocycles. The third-order valence-corrected chi connectivity index (χ3v) is 2.76. The van der Waals surface area contributed by atoms with E-state index in [4.69, 9.17) is 10.5 Å². The summed E-state index contributed by atoms with van der Waals surface area (Å²) in [6, 6.07) is 7.78. The minimum Gasteiger partial charge on any atom is -0.486 e. The molecule has 0 aliphatic rings. The Morgan fingerprint density at radius 3 is 2.63 bits per heavy atom. The van der Waals surface area contributed by atoms with Crippen molar-refractivity contribution in [1.82, 2.24) is 14.8 Å². The molecule has 0 aliphatic heterocycles. The molecule has 0 saturated carbocycles. The molecule has 1 aromatic heterocycles. The zero-order valence-corrected chi connectivity index (χ0v) is 11.4. The van der Waals surface area contributed by atoms with Crippen molar-refractivity contribution in [2.45, 2.75) is 33.5 Å². The standard InChI is InChI=1S/C14H20N4O/c1-11(2)8-18-14(16-10-17-18)9-19-13-5-3-12(7-15)4-6-13/h3-6,10-11H,7-9,15H2,1-2H3. The average Bonchev–Trinajstić information content (AvgIpc) is 2.83. The van der Waals surface area contributed by atoms with Gasteiger partial charge in [0.1, 0.15) is 18.7 Å². The van der Waals surface area contributed by atoms with Gasteiger partial charge in [0.05, 0.1) is 0 Å². The van der Waals surface area contributed by atoms with Crippen LogP contribution in [0.3, 0.4) is 0 Å². The molecule has 0 aliphatic carbocycles. The first-order valence-corrected chi connectivity index (χ1v) is 6.47. The second-order valence-electron chi connectivity index (χ2n) is 4.89. The van der Waals surface area contributed by atoms with Crippen molar-refractivity contribution in [3.05, 3.63) is 42.0 Å². The Morgan fingerprint density at radius 1 is 1.26 bits per heavy atom. The topological polar surface area (TPSA) is 66.0 Å². The van der Waals surface area contributed by atoms with Crippen molar-refractivity contribution in [3.8, 4) is 5.75 Å². The summed E-state index contributed by atoms with van der Waals surface area (Å²) in [5.41, 5.74) is 6.65. The first-order valence-electron chi connectivity index (χ1n) is 6.47. The molecule has 1 heterocycles. The maximum absolute atomic E-state index is 5.71. The van der Waals surface area contributed by atoms with Gasteiger partial charge in [0.2, 0.25) is 0 Å². The van der Waals surface area contributed by atoms with E-state index in [1.807, 2.05) is 28.9 Å². The quantitative estimate of drug-likeness (QED) is 0.862. The molecule has 102 valence electrons. The van der Waals surface area contributed by atoms with Gasteiger partial charge >= 0.3 is 0 Å². The molecular formula is C14H20N4O. The Hall–Kier alpha value is -1.88. The van der Waals surface area contributed by atoms with E-state index in [9.17, 15) is 0 Å². The molecular weight excluding hydrogens is 240 g/mol. The molecule has 0 saturated heterocycles. The summed E-state index contributed by atoms with van der Waals surface area (Å²) in [5, 5.41) is 4.21. The molecule has 19 heavy (non-hydrogen) atoms. The Morgan fingerprint density at radius 2 is 2.00 bits per heavy atom. The summed E-state index contributed by atoms with van der Waals surface area (Å²) in [5.74, 6) is 2.19. The third kappa shape index (κ3) is 3.79. The lowest BCUT2D eigenvalue weighted by Crippen LogP contribution is -2.12. The smallest absolute Gasteiger partial charge is 0.164 e. The molecule has 5 nitrogen and oxygen atoms in total. The van der Waals surface area contributed by atoms with E-state index >= 15 is 0 Å². The van der Waals surface area contributed by atoms with Crippen LogP contribution in [0, 0.1) is 5.92 Å². The van der Waals surface area contributed by atoms with Crippen molar-refractivity contribution in [1.29, 1.82) is 0 Å². The van der Waals surface area contributed by atoms with Crippen molar-refractivity contribution < 1.29 is 4.74 Å². The molecule has 0 radical (unpaired) electrons. The first-order chi connectivity index (χ1) is 9.19. The van der Waals surface area contributed by atoms with Gasteiger partial charge in [-0.25, -0.2) is 9.67 Å². The fraction of sp³-hybridized carbons (Fsp3) is 0.429. The van der Waals surface area contributed by atoms with Crippen LogP contribution >= 0.6 is 0 Å². The molecule has 0 unspecified atom stereocenters. The fourth-order valence-corrected chi connectivity index (χ4v) is 1.77. The highest BCUT2D eigenvalue weighted by Crippen LogP contribution is 2.13. The number of aromatic nitrogens is 3. The summed E-state index contributed by atoms with van der Waals surface area (Å²) < 4.78 is 7.60. The minimum absolute atomic E-state index is 0.425. The van der Waals surface area contributed by atoms with Crippen LogP contribution in [-0.2, 0) is 19.7 Å². The Kier molecular flexibility index (Phi) is 4.52. The maximum atomic E-state index is 5.71. The lowest BCUT2D eigenvalue weighted by atomic mass is 10.2. The van der Waals surface area contributed by atoms with Crippen LogP contribution < -0.4 is 10.5 Å². The Balaban J connectivity index is 1.96. The van der Waals surface area contributed by atoms with Crippen LogP contribution in [0.15, 0.2) is 30.6 Å². The van der Waals surface area contributed by atoms with Gasteiger partial charge in [0.25, 0.3) is 0 Å². The van der Waals surface area contributed by atoms with Gasteiger partial charge in [0.15, 0.2) is 5.82 Å². The number of hydrogen-bond acceptors (Lipinski definition) is 4. The van der Waals surface area contributed by atoms with E-state index < -0.39 is 0 Å². The van der Waals surface area contributed by atoms with E-state index in [0.717, 1.165) is 23.7 Å². The largest absolute Gasteiger partial charge is 0.486 e. The fourth-order valence-electron chi connectivity index (χ4n) is 1.77. The van der Waals surface area contributed by atoms with Crippen LogP contribution in [0.25, 0.3) is 0 Å². The molecule has 0 amide bonds. The SMILES string of the molecule is CC(C)Cn1ncnc1COc1ccc(CN)cc1. The van der Waals surface area contributed by atoms with Gasteiger partial charge in [0, 0.05) is 13.1 Å². The molecule has 5 heteroatoms. The van der Waals surface area contributed by atoms with Gasteiger partial charge in [-0.05, 0) is 23.6 Å². The van der Waals surface area contributed by atoms with Gasteiger partial charge in [-0.3, -0.25) is 0 Å². The summed E-state index contributed by atoms with van der Waals surface area (Å²) in [7, 11) is 0. The molecule has 2 N–H and O–H groups in total. The van der Waals surface area contributed by atoms with E-state index in [-0.39, 0.29) is 0 Å².